The Morgan fingerprint density at radius 3 is 2.49 bits per heavy atom. The van der Waals surface area contributed by atoms with Crippen LogP contribution in [0, 0.1) is 0 Å². The lowest BCUT2D eigenvalue weighted by molar-refractivity contribution is -0.148. The van der Waals surface area contributed by atoms with E-state index in [-0.39, 0.29) is 30.7 Å². The average Bonchev–Trinajstić information content (AvgIpc) is 3.34. The molecule has 0 aliphatic carbocycles. The minimum atomic E-state index is -1.83. The average molecular weight is 549 g/mol. The number of imidazole rings is 1. The van der Waals surface area contributed by atoms with E-state index in [1.165, 1.54) is 0 Å². The fraction of sp³-hybridized carbons (Fsp3) is 0.393. The van der Waals surface area contributed by atoms with Crippen LogP contribution in [0.3, 0.4) is 0 Å². The Balaban J connectivity index is 1.13. The molecule has 39 heavy (non-hydrogen) atoms. The number of carbonyl (C=O) groups excluding carboxylic acids is 1. The minimum Gasteiger partial charge on any atom is -0.368 e. The van der Waals surface area contributed by atoms with E-state index in [2.05, 4.69) is 24.4 Å². The highest BCUT2D eigenvalue weighted by Gasteiger charge is 2.45. The molecule has 0 saturated carbocycles. The van der Waals surface area contributed by atoms with E-state index >= 15 is 4.39 Å². The number of amides is 1. The molecule has 1 amide bonds. The first-order valence-electron chi connectivity index (χ1n) is 13.3. The van der Waals surface area contributed by atoms with E-state index in [9.17, 15) is 4.79 Å². The first kappa shape index (κ1) is 25.6. The summed E-state index contributed by atoms with van der Waals surface area (Å²) in [6.45, 7) is 2.60. The van der Waals surface area contributed by atoms with Crippen LogP contribution in [-0.2, 0) is 11.3 Å². The number of piperidine rings is 2. The van der Waals surface area contributed by atoms with Crippen molar-refractivity contribution in [1.29, 1.82) is 0 Å². The van der Waals surface area contributed by atoms with Crippen molar-refractivity contribution in [2.24, 2.45) is 0 Å². The summed E-state index contributed by atoms with van der Waals surface area (Å²) in [5.41, 5.74) is 7.21. The monoisotopic (exact) mass is 548 g/mol. The van der Waals surface area contributed by atoms with E-state index in [0.717, 1.165) is 28.1 Å². The van der Waals surface area contributed by atoms with E-state index in [4.69, 9.17) is 22.3 Å². The minimum absolute atomic E-state index is 0.108. The van der Waals surface area contributed by atoms with Crippen LogP contribution in [0.15, 0.2) is 55.0 Å². The number of fused-ring (bicyclic) bond motifs is 1. The molecule has 6 rings (SSSR count). The number of alkyl halides is 1. The Hall–Kier alpha value is -3.63. The molecule has 2 aliphatic rings. The molecule has 0 unspecified atom stereocenters. The maximum atomic E-state index is 15.9. The van der Waals surface area contributed by atoms with Crippen LogP contribution >= 0.6 is 11.6 Å². The van der Waals surface area contributed by atoms with Gasteiger partial charge in [-0.3, -0.25) is 14.7 Å². The number of rotatable bonds is 5. The number of pyridine rings is 1. The SMILES string of the molecule is Nc1ncc(CN2CCC(F)(C(=O)N3CCC(n4c(-c5ccccn5)nc5cc(Cl)ccc54)CC3)CC2)cn1. The van der Waals surface area contributed by atoms with Gasteiger partial charge in [0.1, 0.15) is 5.69 Å². The first-order chi connectivity index (χ1) is 18.9. The lowest BCUT2D eigenvalue weighted by Crippen LogP contribution is -2.53. The predicted octanol–water partition coefficient (Wildman–Crippen LogP) is 4.29. The van der Waals surface area contributed by atoms with Crippen LogP contribution in [0.25, 0.3) is 22.6 Å². The van der Waals surface area contributed by atoms with Crippen LogP contribution in [0.1, 0.15) is 37.3 Å². The zero-order chi connectivity index (χ0) is 27.0. The second kappa shape index (κ2) is 10.5. The molecule has 9 nitrogen and oxygen atoms in total. The molecule has 4 aromatic rings. The van der Waals surface area contributed by atoms with Gasteiger partial charge in [0.15, 0.2) is 11.5 Å². The Bertz CT molecular complexity index is 1460. The van der Waals surface area contributed by atoms with Crippen LogP contribution in [-0.4, -0.2) is 72.1 Å². The van der Waals surface area contributed by atoms with Crippen molar-refractivity contribution < 1.29 is 9.18 Å². The largest absolute Gasteiger partial charge is 0.368 e. The Kier molecular flexibility index (Phi) is 6.90. The quantitative estimate of drug-likeness (QED) is 0.396. The van der Waals surface area contributed by atoms with E-state index < -0.39 is 5.67 Å². The first-order valence-corrected chi connectivity index (χ1v) is 13.6. The highest BCUT2D eigenvalue weighted by atomic mass is 35.5. The Morgan fingerprint density at radius 1 is 1.05 bits per heavy atom. The molecule has 11 heteroatoms. The van der Waals surface area contributed by atoms with E-state index in [1.807, 2.05) is 36.4 Å². The maximum Gasteiger partial charge on any atom is 0.260 e. The van der Waals surface area contributed by atoms with Gasteiger partial charge in [0.25, 0.3) is 5.91 Å². The van der Waals surface area contributed by atoms with Crippen molar-refractivity contribution in [2.75, 3.05) is 31.9 Å². The van der Waals surface area contributed by atoms with Gasteiger partial charge in [0.2, 0.25) is 5.95 Å². The van der Waals surface area contributed by atoms with Crippen LogP contribution in [0.2, 0.25) is 5.02 Å². The van der Waals surface area contributed by atoms with Crippen molar-refractivity contribution in [1.82, 2.24) is 34.3 Å². The molecule has 0 radical (unpaired) electrons. The number of likely N-dealkylation sites (tertiary alicyclic amines) is 2. The molecule has 1 aromatic carbocycles. The molecule has 0 atom stereocenters. The van der Waals surface area contributed by atoms with Gasteiger partial charge in [0.05, 0.1) is 11.0 Å². The molecule has 3 aromatic heterocycles. The number of benzene rings is 1. The van der Waals surface area contributed by atoms with Crippen molar-refractivity contribution in [2.45, 2.75) is 43.9 Å². The van der Waals surface area contributed by atoms with Gasteiger partial charge in [0, 0.05) is 80.8 Å². The van der Waals surface area contributed by atoms with Crippen LogP contribution in [0.4, 0.5) is 10.3 Å². The van der Waals surface area contributed by atoms with Gasteiger partial charge in [-0.2, -0.15) is 0 Å². The fourth-order valence-electron chi connectivity index (χ4n) is 5.71. The van der Waals surface area contributed by atoms with E-state index in [1.54, 1.807) is 23.5 Å². The van der Waals surface area contributed by atoms with Gasteiger partial charge in [-0.25, -0.2) is 19.3 Å². The molecular formula is C28H30ClFN8O. The van der Waals surface area contributed by atoms with Crippen molar-refractivity contribution >= 4 is 34.5 Å². The number of hydrogen-bond acceptors (Lipinski definition) is 7. The predicted molar refractivity (Wildman–Crippen MR) is 148 cm³/mol. The molecule has 0 bridgehead atoms. The van der Waals surface area contributed by atoms with Crippen molar-refractivity contribution in [3.8, 4) is 11.5 Å². The Morgan fingerprint density at radius 2 is 1.79 bits per heavy atom. The normalized spacial score (nSPS) is 18.5. The zero-order valence-corrected chi connectivity index (χ0v) is 22.3. The zero-order valence-electron chi connectivity index (χ0n) is 21.5. The van der Waals surface area contributed by atoms with Gasteiger partial charge >= 0.3 is 0 Å². The summed E-state index contributed by atoms with van der Waals surface area (Å²) in [5.74, 6) is 0.621. The summed E-state index contributed by atoms with van der Waals surface area (Å²) < 4.78 is 18.1. The third-order valence-corrected chi connectivity index (χ3v) is 8.06. The van der Waals surface area contributed by atoms with Gasteiger partial charge in [-0.05, 0) is 43.2 Å². The fourth-order valence-corrected chi connectivity index (χ4v) is 5.88. The number of hydrogen-bond donors (Lipinski definition) is 1. The molecule has 2 aliphatic heterocycles. The number of nitrogen functional groups attached to an aromatic ring is 1. The summed E-state index contributed by atoms with van der Waals surface area (Å²) >= 11 is 6.25. The molecular weight excluding hydrogens is 519 g/mol. The summed E-state index contributed by atoms with van der Waals surface area (Å²) in [4.78, 5) is 34.6. The number of anilines is 1. The van der Waals surface area contributed by atoms with Gasteiger partial charge < -0.3 is 15.2 Å². The molecule has 202 valence electrons. The van der Waals surface area contributed by atoms with Crippen molar-refractivity contribution in [3.05, 3.63) is 65.6 Å². The summed E-state index contributed by atoms with van der Waals surface area (Å²) in [6.07, 6.45) is 6.90. The van der Waals surface area contributed by atoms with Gasteiger partial charge in [-0.1, -0.05) is 17.7 Å². The summed E-state index contributed by atoms with van der Waals surface area (Å²) in [5, 5.41) is 0.626. The maximum absolute atomic E-state index is 15.9. The highest BCUT2D eigenvalue weighted by molar-refractivity contribution is 6.31. The number of aromatic nitrogens is 5. The number of nitrogens with two attached hydrogens (primary N) is 1. The molecule has 0 spiro atoms. The molecule has 2 saturated heterocycles. The lowest BCUT2D eigenvalue weighted by atomic mass is 9.90. The van der Waals surface area contributed by atoms with Crippen LogP contribution < -0.4 is 5.73 Å². The molecule has 2 N–H and O–H groups in total. The number of halogens is 2. The topological polar surface area (TPSA) is 106 Å². The number of nitrogens with zero attached hydrogens (tertiary/aromatic N) is 7. The summed E-state index contributed by atoms with van der Waals surface area (Å²) in [7, 11) is 0. The lowest BCUT2D eigenvalue weighted by Gasteiger charge is -2.40. The van der Waals surface area contributed by atoms with E-state index in [0.29, 0.717) is 50.6 Å². The molecule has 5 heterocycles. The smallest absolute Gasteiger partial charge is 0.260 e. The molecule has 2 fully saturated rings. The Labute approximate surface area is 230 Å². The van der Waals surface area contributed by atoms with Crippen molar-refractivity contribution in [3.63, 3.8) is 0 Å². The van der Waals surface area contributed by atoms with Gasteiger partial charge in [-0.15, -0.1) is 0 Å². The second-order valence-electron chi connectivity index (χ2n) is 10.4. The highest BCUT2D eigenvalue weighted by Crippen LogP contribution is 2.36. The third-order valence-electron chi connectivity index (χ3n) is 7.83. The second-order valence-corrected chi connectivity index (χ2v) is 10.8. The van der Waals surface area contributed by atoms with Crippen LogP contribution in [0.5, 0.6) is 0 Å². The summed E-state index contributed by atoms with van der Waals surface area (Å²) in [6, 6.07) is 11.6. The number of carbonyl (C=O) groups is 1. The third kappa shape index (κ3) is 5.18. The standard InChI is InChI=1S/C28H30ClFN8O/c29-20-4-5-24-23(15-20)35-25(22-3-1-2-10-32-22)38(24)21-6-11-37(12-7-21)26(39)28(30)8-13-36(14-9-28)18-19-16-33-27(31)34-17-19/h1-5,10,15-17,21H,6-9,11-14,18H2,(H2,31,33,34).